The molecule has 2 atom stereocenters. The van der Waals surface area contributed by atoms with E-state index < -0.39 is 0 Å². The summed E-state index contributed by atoms with van der Waals surface area (Å²) in [4.78, 5) is 9.40. The van der Waals surface area contributed by atoms with Crippen molar-refractivity contribution in [1.82, 2.24) is 14.9 Å². The van der Waals surface area contributed by atoms with Gasteiger partial charge >= 0.3 is 0 Å². The van der Waals surface area contributed by atoms with E-state index in [0.717, 1.165) is 37.7 Å². The molecule has 2 aliphatic heterocycles. The number of hydrogen-bond donors (Lipinski definition) is 1. The first-order valence-electron chi connectivity index (χ1n) is 14.2. The molecule has 4 heterocycles. The summed E-state index contributed by atoms with van der Waals surface area (Å²) in [6.45, 7) is 7.77. The van der Waals surface area contributed by atoms with Gasteiger partial charge in [0.25, 0.3) is 0 Å². The van der Waals surface area contributed by atoms with Crippen LogP contribution in [0.15, 0.2) is 97.2 Å². The summed E-state index contributed by atoms with van der Waals surface area (Å²) in [5, 5.41) is 6.81. The van der Waals surface area contributed by atoms with Crippen LogP contribution in [0.25, 0.3) is 16.5 Å². The molecule has 0 unspecified atom stereocenters. The zero-order valence-electron chi connectivity index (χ0n) is 23.3. The normalized spacial score (nSPS) is 19.1. The van der Waals surface area contributed by atoms with Gasteiger partial charge in [0.05, 0.1) is 36.7 Å². The Bertz CT molecular complexity index is 1700. The molecule has 3 aromatic carbocycles. The van der Waals surface area contributed by atoms with Crippen molar-refractivity contribution in [1.29, 1.82) is 0 Å². The number of ether oxygens (including phenoxy) is 1. The highest BCUT2D eigenvalue weighted by Gasteiger charge is 2.42. The molecule has 5 aromatic rings. The second-order valence-electron chi connectivity index (χ2n) is 10.8. The molecule has 2 aromatic heterocycles. The average Bonchev–Trinajstić information content (AvgIpc) is 3.52. The van der Waals surface area contributed by atoms with E-state index in [1.54, 1.807) is 0 Å². The van der Waals surface area contributed by atoms with E-state index >= 15 is 0 Å². The summed E-state index contributed by atoms with van der Waals surface area (Å²) >= 11 is 6.03. The highest BCUT2D eigenvalue weighted by molar-refractivity contribution is 7.80. The second kappa shape index (κ2) is 10.7. The van der Waals surface area contributed by atoms with Crippen molar-refractivity contribution in [3.8, 4) is 5.69 Å². The Morgan fingerprint density at radius 1 is 0.854 bits per heavy atom. The maximum atomic E-state index is 6.03. The molecular weight excluding hydrogens is 526 g/mol. The minimum absolute atomic E-state index is 0.0680. The van der Waals surface area contributed by atoms with Gasteiger partial charge in [-0.3, -0.25) is 4.98 Å². The Hall–Kier alpha value is -4.20. The van der Waals surface area contributed by atoms with Crippen LogP contribution in [0.5, 0.6) is 0 Å². The van der Waals surface area contributed by atoms with E-state index in [9.17, 15) is 0 Å². The number of aromatic nitrogens is 2. The third-order valence-electron chi connectivity index (χ3n) is 8.40. The zero-order chi connectivity index (χ0) is 27.9. The second-order valence-corrected chi connectivity index (χ2v) is 11.2. The Labute approximate surface area is 246 Å². The molecule has 0 spiro atoms. The summed E-state index contributed by atoms with van der Waals surface area (Å²) in [5.74, 6) is 0. The topological polar surface area (TPSA) is 45.6 Å². The summed E-state index contributed by atoms with van der Waals surface area (Å²) < 4.78 is 7.94. The van der Waals surface area contributed by atoms with Gasteiger partial charge in [-0.1, -0.05) is 42.5 Å². The lowest BCUT2D eigenvalue weighted by Crippen LogP contribution is -2.36. The first-order chi connectivity index (χ1) is 20.1. The summed E-state index contributed by atoms with van der Waals surface area (Å²) in [7, 11) is 0. The molecule has 0 bridgehead atoms. The highest BCUT2D eigenvalue weighted by atomic mass is 32.1. The molecule has 0 amide bonds. The number of nitrogens with one attached hydrogen (secondary N) is 1. The Morgan fingerprint density at radius 3 is 2.37 bits per heavy atom. The number of fused-ring (bicyclic) bond motifs is 1. The molecule has 2 saturated heterocycles. The number of thiocarbonyl (C=S) groups is 1. The fourth-order valence-electron chi connectivity index (χ4n) is 6.46. The lowest BCUT2D eigenvalue weighted by atomic mass is 9.96. The van der Waals surface area contributed by atoms with Crippen molar-refractivity contribution in [3.63, 3.8) is 0 Å². The summed E-state index contributed by atoms with van der Waals surface area (Å²) in [6.07, 6.45) is 1.86. The van der Waals surface area contributed by atoms with Gasteiger partial charge in [-0.25, -0.2) is 0 Å². The molecule has 7 rings (SSSR count). The van der Waals surface area contributed by atoms with Gasteiger partial charge < -0.3 is 24.4 Å². The van der Waals surface area contributed by atoms with Crippen LogP contribution < -0.4 is 15.1 Å². The Kier molecular flexibility index (Phi) is 6.69. The maximum Gasteiger partial charge on any atom is 0.174 e. The minimum Gasteiger partial charge on any atom is -0.378 e. The van der Waals surface area contributed by atoms with Crippen LogP contribution >= 0.6 is 12.2 Å². The minimum atomic E-state index is -0.0934. The summed E-state index contributed by atoms with van der Waals surface area (Å²) in [5.41, 5.74) is 8.06. The molecule has 0 radical (unpaired) electrons. The van der Waals surface area contributed by atoms with E-state index in [2.05, 4.69) is 112 Å². The van der Waals surface area contributed by atoms with Gasteiger partial charge in [0, 0.05) is 47.4 Å². The number of pyridine rings is 1. The molecule has 2 aliphatic rings. The van der Waals surface area contributed by atoms with Crippen molar-refractivity contribution in [2.75, 3.05) is 36.1 Å². The van der Waals surface area contributed by atoms with E-state index in [0.29, 0.717) is 5.11 Å². The fraction of sp³-hybridized carbons (Fsp3) is 0.235. The molecule has 7 heteroatoms. The summed E-state index contributed by atoms with van der Waals surface area (Å²) in [6, 6.07) is 32.1. The average molecular weight is 560 g/mol. The van der Waals surface area contributed by atoms with Crippen LogP contribution in [0.4, 0.5) is 11.4 Å². The van der Waals surface area contributed by atoms with E-state index in [-0.39, 0.29) is 12.1 Å². The van der Waals surface area contributed by atoms with Crippen LogP contribution in [0.2, 0.25) is 0 Å². The molecule has 206 valence electrons. The van der Waals surface area contributed by atoms with Crippen LogP contribution in [0.1, 0.15) is 34.7 Å². The molecule has 6 nitrogen and oxygen atoms in total. The molecule has 0 saturated carbocycles. The number of aryl methyl sites for hydroxylation is 1. The molecular formula is C34H33N5OS. The van der Waals surface area contributed by atoms with Crippen LogP contribution in [0.3, 0.4) is 0 Å². The fourth-order valence-corrected chi connectivity index (χ4v) is 6.80. The number of hydrogen-bond acceptors (Lipinski definition) is 4. The number of anilines is 2. The molecule has 1 N–H and O–H groups in total. The standard InChI is InChI=1S/C34H33N5OS/c1-23-22-29(24(2)38(23)31-12-7-9-25-8-3-4-10-28(25)31)33-32(30-11-5-6-17-35-30)36-34(41)39(33)27-15-13-26(14-16-27)37-18-20-40-21-19-37/h3-17,22,32-33H,18-21H2,1-2H3,(H,36,41)/t32-,33-/m1/s1. The molecule has 41 heavy (non-hydrogen) atoms. The lowest BCUT2D eigenvalue weighted by Gasteiger charge is -2.31. The van der Waals surface area contributed by atoms with Gasteiger partial charge in [-0.15, -0.1) is 0 Å². The zero-order valence-corrected chi connectivity index (χ0v) is 24.1. The maximum absolute atomic E-state index is 6.03. The highest BCUT2D eigenvalue weighted by Crippen LogP contribution is 2.44. The van der Waals surface area contributed by atoms with E-state index in [4.69, 9.17) is 21.9 Å². The third-order valence-corrected chi connectivity index (χ3v) is 8.71. The number of rotatable bonds is 5. The Balaban J connectivity index is 1.34. The van der Waals surface area contributed by atoms with Gasteiger partial charge in [0.15, 0.2) is 5.11 Å². The SMILES string of the molecule is Cc1cc([C@@H]2[C@@H](c3ccccn3)NC(=S)N2c2ccc(N3CCOCC3)cc2)c(C)n1-c1cccc2ccccc12. The number of benzene rings is 3. The van der Waals surface area contributed by atoms with Crippen molar-refractivity contribution in [2.45, 2.75) is 25.9 Å². The van der Waals surface area contributed by atoms with Crippen molar-refractivity contribution in [2.24, 2.45) is 0 Å². The van der Waals surface area contributed by atoms with Crippen molar-refractivity contribution < 1.29 is 4.74 Å². The largest absolute Gasteiger partial charge is 0.378 e. The van der Waals surface area contributed by atoms with Crippen LogP contribution in [0, 0.1) is 13.8 Å². The van der Waals surface area contributed by atoms with Crippen LogP contribution in [-0.4, -0.2) is 41.0 Å². The van der Waals surface area contributed by atoms with Crippen molar-refractivity contribution >= 4 is 39.5 Å². The predicted octanol–water partition coefficient (Wildman–Crippen LogP) is 6.66. The van der Waals surface area contributed by atoms with Gasteiger partial charge in [0.2, 0.25) is 0 Å². The lowest BCUT2D eigenvalue weighted by molar-refractivity contribution is 0.122. The Morgan fingerprint density at radius 2 is 1.59 bits per heavy atom. The quantitative estimate of drug-likeness (QED) is 0.243. The predicted molar refractivity (Wildman–Crippen MR) is 170 cm³/mol. The van der Waals surface area contributed by atoms with Crippen molar-refractivity contribution in [3.05, 3.63) is 120 Å². The number of nitrogens with zero attached hydrogens (tertiary/aromatic N) is 4. The van der Waals surface area contributed by atoms with E-state index in [1.807, 2.05) is 18.3 Å². The van der Waals surface area contributed by atoms with Gasteiger partial charge in [0.1, 0.15) is 0 Å². The van der Waals surface area contributed by atoms with Crippen LogP contribution in [-0.2, 0) is 4.74 Å². The monoisotopic (exact) mass is 559 g/mol. The van der Waals surface area contributed by atoms with Gasteiger partial charge in [-0.05, 0) is 85.5 Å². The third kappa shape index (κ3) is 4.55. The van der Waals surface area contributed by atoms with E-state index in [1.165, 1.54) is 39.1 Å². The van der Waals surface area contributed by atoms with Gasteiger partial charge in [-0.2, -0.15) is 0 Å². The first kappa shape index (κ1) is 25.7. The number of morpholine rings is 1. The molecule has 2 fully saturated rings. The first-order valence-corrected chi connectivity index (χ1v) is 14.6. The smallest absolute Gasteiger partial charge is 0.174 e. The molecule has 0 aliphatic carbocycles.